The van der Waals surface area contributed by atoms with Crippen LogP contribution in [0.5, 0.6) is 0 Å². The summed E-state index contributed by atoms with van der Waals surface area (Å²) in [5.74, 6) is 0. The van der Waals surface area contributed by atoms with Crippen molar-refractivity contribution in [3.05, 3.63) is 10.3 Å². The molecule has 11 heavy (non-hydrogen) atoms. The van der Waals surface area contributed by atoms with Gasteiger partial charge in [0.25, 0.3) is 0 Å². The third kappa shape index (κ3) is 3.16. The summed E-state index contributed by atoms with van der Waals surface area (Å²) in [6.07, 6.45) is 4.73. The normalized spacial score (nSPS) is 10.4. The first-order chi connectivity index (χ1) is 5.33. The molecule has 0 aliphatic rings. The van der Waals surface area contributed by atoms with E-state index in [0.717, 1.165) is 11.4 Å². The van der Waals surface area contributed by atoms with Crippen LogP contribution in [0.4, 0.5) is 0 Å². The van der Waals surface area contributed by atoms with Crippen molar-refractivity contribution < 1.29 is 0 Å². The van der Waals surface area contributed by atoms with Gasteiger partial charge in [-0.15, -0.1) is 0 Å². The molecule has 1 aromatic rings. The highest BCUT2D eigenvalue weighted by atomic mass is 35.5. The maximum absolute atomic E-state index is 5.56. The van der Waals surface area contributed by atoms with Crippen LogP contribution in [0.15, 0.2) is 0 Å². The molecule has 0 fully saturated rings. The first kappa shape index (κ1) is 8.94. The van der Waals surface area contributed by atoms with Crippen LogP contribution < -0.4 is 0 Å². The van der Waals surface area contributed by atoms with Gasteiger partial charge in [0, 0.05) is 6.42 Å². The van der Waals surface area contributed by atoms with Gasteiger partial charge in [0.1, 0.15) is 5.01 Å². The van der Waals surface area contributed by atoms with Crippen molar-refractivity contribution in [2.45, 2.75) is 32.6 Å². The summed E-state index contributed by atoms with van der Waals surface area (Å²) in [6.45, 7) is 2.19. The Morgan fingerprint density at radius 3 is 2.82 bits per heavy atom. The number of aromatic nitrogens is 2. The molecule has 0 spiro atoms. The summed E-state index contributed by atoms with van der Waals surface area (Å²) in [5, 5.41) is 1.45. The molecule has 0 radical (unpaired) electrons. The molecule has 1 aromatic heterocycles. The highest BCUT2D eigenvalue weighted by Crippen LogP contribution is 2.11. The van der Waals surface area contributed by atoms with Gasteiger partial charge in [-0.25, -0.2) is 4.98 Å². The van der Waals surface area contributed by atoms with Gasteiger partial charge in [-0.05, 0) is 29.6 Å². The lowest BCUT2D eigenvalue weighted by atomic mass is 10.2. The standard InChI is InChI=1S/C7H11ClN2S/c1-2-3-4-5-6-9-7(8)10-11-6/h2-5H2,1H3. The van der Waals surface area contributed by atoms with Gasteiger partial charge in [-0.3, -0.25) is 0 Å². The molecular weight excluding hydrogens is 180 g/mol. The molecule has 1 rings (SSSR count). The molecule has 0 bridgehead atoms. The second kappa shape index (κ2) is 4.67. The second-order valence-corrected chi connectivity index (χ2v) is 3.59. The quantitative estimate of drug-likeness (QED) is 0.683. The lowest BCUT2D eigenvalue weighted by molar-refractivity contribution is 0.715. The van der Waals surface area contributed by atoms with Gasteiger partial charge in [-0.1, -0.05) is 19.8 Å². The van der Waals surface area contributed by atoms with Crippen molar-refractivity contribution in [2.75, 3.05) is 0 Å². The maximum Gasteiger partial charge on any atom is 0.234 e. The number of unbranched alkanes of at least 4 members (excludes halogenated alkanes) is 2. The van der Waals surface area contributed by atoms with E-state index in [9.17, 15) is 0 Å². The van der Waals surface area contributed by atoms with E-state index in [4.69, 9.17) is 11.6 Å². The fraction of sp³-hybridized carbons (Fsp3) is 0.714. The van der Waals surface area contributed by atoms with Crippen LogP contribution in [-0.2, 0) is 6.42 Å². The predicted molar refractivity (Wildman–Crippen MR) is 48.1 cm³/mol. The van der Waals surface area contributed by atoms with Crippen LogP contribution in [0, 0.1) is 0 Å². The molecule has 0 aromatic carbocycles. The van der Waals surface area contributed by atoms with E-state index in [1.807, 2.05) is 0 Å². The lowest BCUT2D eigenvalue weighted by Crippen LogP contribution is -1.82. The zero-order valence-corrected chi connectivity index (χ0v) is 8.08. The van der Waals surface area contributed by atoms with Crippen LogP contribution >= 0.6 is 23.1 Å². The summed E-state index contributed by atoms with van der Waals surface area (Å²) < 4.78 is 3.89. The minimum atomic E-state index is 0.390. The molecule has 62 valence electrons. The Morgan fingerprint density at radius 1 is 1.45 bits per heavy atom. The summed E-state index contributed by atoms with van der Waals surface area (Å²) in [4.78, 5) is 4.06. The Morgan fingerprint density at radius 2 is 2.27 bits per heavy atom. The van der Waals surface area contributed by atoms with Crippen molar-refractivity contribution in [2.24, 2.45) is 0 Å². The molecule has 2 nitrogen and oxygen atoms in total. The molecule has 4 heteroatoms. The topological polar surface area (TPSA) is 25.8 Å². The monoisotopic (exact) mass is 190 g/mol. The maximum atomic E-state index is 5.56. The number of rotatable bonds is 4. The Kier molecular flexibility index (Phi) is 3.80. The second-order valence-electron chi connectivity index (χ2n) is 2.41. The van der Waals surface area contributed by atoms with Gasteiger partial charge < -0.3 is 0 Å². The van der Waals surface area contributed by atoms with Crippen molar-refractivity contribution in [1.29, 1.82) is 0 Å². The number of hydrogen-bond acceptors (Lipinski definition) is 3. The predicted octanol–water partition coefficient (Wildman–Crippen LogP) is 2.92. The third-order valence-electron chi connectivity index (χ3n) is 1.44. The summed E-state index contributed by atoms with van der Waals surface area (Å²) in [5.41, 5.74) is 0. The van der Waals surface area contributed by atoms with Gasteiger partial charge in [0.15, 0.2) is 0 Å². The largest absolute Gasteiger partial charge is 0.234 e. The fourth-order valence-electron chi connectivity index (χ4n) is 0.862. The Balaban J connectivity index is 2.27. The Bertz CT molecular complexity index is 212. The average molecular weight is 191 g/mol. The van der Waals surface area contributed by atoms with Crippen molar-refractivity contribution in [1.82, 2.24) is 9.36 Å². The molecule has 0 atom stereocenters. The van der Waals surface area contributed by atoms with Crippen molar-refractivity contribution >= 4 is 23.1 Å². The van der Waals surface area contributed by atoms with Gasteiger partial charge >= 0.3 is 0 Å². The number of halogens is 1. The number of nitrogens with zero attached hydrogens (tertiary/aromatic N) is 2. The summed E-state index contributed by atoms with van der Waals surface area (Å²) in [7, 11) is 0. The molecule has 0 aliphatic carbocycles. The minimum absolute atomic E-state index is 0.390. The van der Waals surface area contributed by atoms with E-state index in [2.05, 4.69) is 16.3 Å². The van der Waals surface area contributed by atoms with Gasteiger partial charge in [-0.2, -0.15) is 4.37 Å². The van der Waals surface area contributed by atoms with Gasteiger partial charge in [0.05, 0.1) is 0 Å². The zero-order chi connectivity index (χ0) is 8.10. The number of aryl methyl sites for hydroxylation is 1. The molecule has 1 heterocycles. The summed E-state index contributed by atoms with van der Waals surface area (Å²) in [6, 6.07) is 0. The van der Waals surface area contributed by atoms with Gasteiger partial charge in [0.2, 0.25) is 5.28 Å². The smallest absolute Gasteiger partial charge is 0.210 e. The highest BCUT2D eigenvalue weighted by molar-refractivity contribution is 7.05. The molecule has 0 saturated heterocycles. The van der Waals surface area contributed by atoms with Crippen LogP contribution in [0.1, 0.15) is 31.2 Å². The lowest BCUT2D eigenvalue weighted by Gasteiger charge is -1.91. The number of hydrogen-bond donors (Lipinski definition) is 0. The fourth-order valence-corrected chi connectivity index (χ4v) is 1.70. The zero-order valence-electron chi connectivity index (χ0n) is 6.51. The Hall–Kier alpha value is -0.150. The Labute approximate surface area is 75.8 Å². The van der Waals surface area contributed by atoms with Crippen molar-refractivity contribution in [3.63, 3.8) is 0 Å². The first-order valence-electron chi connectivity index (χ1n) is 3.81. The molecule has 0 aliphatic heterocycles. The SMILES string of the molecule is CCCCCc1nc(Cl)ns1. The van der Waals surface area contributed by atoms with Crippen LogP contribution in [0.2, 0.25) is 5.28 Å². The van der Waals surface area contributed by atoms with Crippen molar-refractivity contribution in [3.8, 4) is 0 Å². The van der Waals surface area contributed by atoms with E-state index in [1.54, 1.807) is 0 Å². The first-order valence-corrected chi connectivity index (χ1v) is 4.96. The molecule has 0 amide bonds. The van der Waals surface area contributed by atoms with E-state index in [1.165, 1.54) is 30.8 Å². The van der Waals surface area contributed by atoms with E-state index < -0.39 is 0 Å². The van der Waals surface area contributed by atoms with Crippen LogP contribution in [0.25, 0.3) is 0 Å². The molecule has 0 saturated carbocycles. The molecule has 0 N–H and O–H groups in total. The van der Waals surface area contributed by atoms with E-state index in [-0.39, 0.29) is 0 Å². The van der Waals surface area contributed by atoms with Crippen LogP contribution in [0.3, 0.4) is 0 Å². The third-order valence-corrected chi connectivity index (χ3v) is 2.48. The van der Waals surface area contributed by atoms with E-state index in [0.29, 0.717) is 5.28 Å². The average Bonchev–Trinajstić information content (AvgIpc) is 2.37. The molecule has 0 unspecified atom stereocenters. The van der Waals surface area contributed by atoms with Crippen LogP contribution in [-0.4, -0.2) is 9.36 Å². The van der Waals surface area contributed by atoms with E-state index >= 15 is 0 Å². The summed E-state index contributed by atoms with van der Waals surface area (Å²) >= 11 is 6.97. The molecular formula is C7H11ClN2S. The highest BCUT2D eigenvalue weighted by Gasteiger charge is 1.99. The minimum Gasteiger partial charge on any atom is -0.210 e.